The van der Waals surface area contributed by atoms with E-state index in [0.29, 0.717) is 6.04 Å². The van der Waals surface area contributed by atoms with E-state index in [0.717, 1.165) is 66.5 Å². The molecule has 0 amide bonds. The molecule has 3 aromatic heterocycles. The summed E-state index contributed by atoms with van der Waals surface area (Å²) < 4.78 is 8.06. The quantitative estimate of drug-likeness (QED) is 0.337. The van der Waals surface area contributed by atoms with Crippen LogP contribution in [0.3, 0.4) is 0 Å². The average molecular weight is 505 g/mol. The van der Waals surface area contributed by atoms with Crippen LogP contribution >= 0.6 is 0 Å². The van der Waals surface area contributed by atoms with Gasteiger partial charge in [-0.2, -0.15) is 5.10 Å². The molecule has 5 aromatic rings. The lowest BCUT2D eigenvalue weighted by atomic mass is 9.97. The van der Waals surface area contributed by atoms with Crippen molar-refractivity contribution in [1.82, 2.24) is 34.5 Å². The lowest BCUT2D eigenvalue weighted by Crippen LogP contribution is -2.56. The first-order valence-electron chi connectivity index (χ1n) is 13.2. The third kappa shape index (κ3) is 4.68. The standard InChI is InChI=1S/C30H30N7O/c1-2-6-26(7-3-1)38-27-8-4-5-22(15-27)17-35-13-10-24(11-14-35)36-19-25(20-36)37-18-23(16-34-37)29-28-9-12-31-30(28)33-21-32-29/h1-9,12,15-16,18,21,24H,10-11,13-14,17,19-20H2,(H,31,32,33). The number of ether oxygens (including phenoxy) is 1. The monoisotopic (exact) mass is 504 g/mol. The molecule has 2 aliphatic heterocycles. The van der Waals surface area contributed by atoms with Crippen molar-refractivity contribution in [2.45, 2.75) is 25.4 Å². The molecule has 0 atom stereocenters. The second-order valence-corrected chi connectivity index (χ2v) is 10.2. The Morgan fingerprint density at radius 1 is 0.921 bits per heavy atom. The zero-order valence-electron chi connectivity index (χ0n) is 21.2. The first kappa shape index (κ1) is 23.1. The van der Waals surface area contributed by atoms with Crippen molar-refractivity contribution in [2.75, 3.05) is 26.2 Å². The number of aromatic nitrogens is 5. The largest absolute Gasteiger partial charge is 0.457 e. The number of aromatic amines is 1. The van der Waals surface area contributed by atoms with Crippen LogP contribution in [-0.4, -0.2) is 66.8 Å². The minimum absolute atomic E-state index is 0.638. The Bertz CT molecular complexity index is 1510. The summed E-state index contributed by atoms with van der Waals surface area (Å²) in [6, 6.07) is 22.4. The lowest BCUT2D eigenvalue weighted by Gasteiger charge is -2.46. The van der Waals surface area contributed by atoms with Crippen LogP contribution < -0.4 is 4.74 Å². The highest BCUT2D eigenvalue weighted by atomic mass is 16.5. The molecule has 0 aliphatic carbocycles. The van der Waals surface area contributed by atoms with Gasteiger partial charge < -0.3 is 9.72 Å². The first-order chi connectivity index (χ1) is 18.8. The highest BCUT2D eigenvalue weighted by Gasteiger charge is 2.36. The summed E-state index contributed by atoms with van der Waals surface area (Å²) in [7, 11) is 0. The van der Waals surface area contributed by atoms with E-state index in [1.54, 1.807) is 6.33 Å². The van der Waals surface area contributed by atoms with Crippen molar-refractivity contribution in [3.63, 3.8) is 0 Å². The highest BCUT2D eigenvalue weighted by Crippen LogP contribution is 2.30. The van der Waals surface area contributed by atoms with Crippen molar-refractivity contribution < 1.29 is 4.74 Å². The molecule has 38 heavy (non-hydrogen) atoms. The molecule has 1 N–H and O–H groups in total. The van der Waals surface area contributed by atoms with Crippen LogP contribution in [0.25, 0.3) is 22.3 Å². The number of nitrogens with one attached hydrogen (secondary N) is 1. The maximum absolute atomic E-state index is 6.02. The molecule has 5 heterocycles. The highest BCUT2D eigenvalue weighted by molar-refractivity contribution is 5.90. The van der Waals surface area contributed by atoms with Crippen molar-refractivity contribution in [3.05, 3.63) is 97.2 Å². The fourth-order valence-electron chi connectivity index (χ4n) is 5.58. The fraction of sp³-hybridized carbons (Fsp3) is 0.267. The van der Waals surface area contributed by atoms with Crippen molar-refractivity contribution in [3.8, 4) is 22.8 Å². The Hall–Kier alpha value is -4.01. The van der Waals surface area contributed by atoms with Crippen LogP contribution in [0.5, 0.6) is 11.5 Å². The minimum atomic E-state index is 0.638. The number of rotatable bonds is 7. The predicted octanol–water partition coefficient (Wildman–Crippen LogP) is 4.97. The van der Waals surface area contributed by atoms with Crippen LogP contribution in [0, 0.1) is 6.04 Å². The number of H-pyrrole nitrogens is 1. The second-order valence-electron chi connectivity index (χ2n) is 10.2. The van der Waals surface area contributed by atoms with E-state index in [1.165, 1.54) is 24.4 Å². The number of hydrogen-bond acceptors (Lipinski definition) is 6. The van der Waals surface area contributed by atoms with Gasteiger partial charge in [-0.1, -0.05) is 30.3 Å². The van der Waals surface area contributed by atoms with E-state index in [9.17, 15) is 0 Å². The van der Waals surface area contributed by atoms with Gasteiger partial charge in [-0.25, -0.2) is 9.97 Å². The Morgan fingerprint density at radius 3 is 2.63 bits per heavy atom. The molecular weight excluding hydrogens is 474 g/mol. The van der Waals surface area contributed by atoms with Gasteiger partial charge in [0.05, 0.1) is 11.9 Å². The SMILES string of the molecule is c1ccc(Oc2cccc(CN3CCC(N4C[C](n5cc(-c6ncnc7[nH]ccc67)cn5)C4)CC3)c2)cc1. The van der Waals surface area contributed by atoms with Crippen molar-refractivity contribution >= 4 is 11.0 Å². The fourth-order valence-corrected chi connectivity index (χ4v) is 5.58. The molecule has 2 aromatic carbocycles. The number of nitrogens with zero attached hydrogens (tertiary/aromatic N) is 6. The van der Waals surface area contributed by atoms with E-state index in [-0.39, 0.29) is 0 Å². The molecule has 7 rings (SSSR count). The number of fused-ring (bicyclic) bond motifs is 1. The van der Waals surface area contributed by atoms with Crippen LogP contribution in [0.2, 0.25) is 0 Å². The van der Waals surface area contributed by atoms with Crippen molar-refractivity contribution in [1.29, 1.82) is 0 Å². The Morgan fingerprint density at radius 2 is 1.76 bits per heavy atom. The third-order valence-corrected chi connectivity index (χ3v) is 7.66. The first-order valence-corrected chi connectivity index (χ1v) is 13.2. The summed E-state index contributed by atoms with van der Waals surface area (Å²) in [6.45, 7) is 5.16. The van der Waals surface area contributed by atoms with E-state index in [4.69, 9.17) is 4.74 Å². The van der Waals surface area contributed by atoms with Crippen LogP contribution in [0.15, 0.2) is 85.6 Å². The second kappa shape index (κ2) is 10.0. The molecule has 2 saturated heterocycles. The Kier molecular flexibility index (Phi) is 6.11. The summed E-state index contributed by atoms with van der Waals surface area (Å²) in [5.74, 6) is 1.76. The normalized spacial score (nSPS) is 17.6. The van der Waals surface area contributed by atoms with Gasteiger partial charge in [-0.05, 0) is 61.8 Å². The molecular formula is C30H30N7O. The lowest BCUT2D eigenvalue weighted by molar-refractivity contribution is 0.0669. The minimum Gasteiger partial charge on any atom is -0.457 e. The van der Waals surface area contributed by atoms with Gasteiger partial charge in [0, 0.05) is 49.0 Å². The summed E-state index contributed by atoms with van der Waals surface area (Å²) >= 11 is 0. The molecule has 1 radical (unpaired) electrons. The summed E-state index contributed by atoms with van der Waals surface area (Å²) in [4.78, 5) is 17.1. The smallest absolute Gasteiger partial charge is 0.141 e. The Balaban J connectivity index is 0.908. The number of hydrogen-bond donors (Lipinski definition) is 1. The third-order valence-electron chi connectivity index (χ3n) is 7.66. The van der Waals surface area contributed by atoms with Gasteiger partial charge in [-0.15, -0.1) is 0 Å². The summed E-state index contributed by atoms with van der Waals surface area (Å²) in [5.41, 5.74) is 4.09. The summed E-state index contributed by atoms with van der Waals surface area (Å²) in [6.07, 6.45) is 9.90. The summed E-state index contributed by atoms with van der Waals surface area (Å²) in [5, 5.41) is 5.66. The Labute approximate surface area is 221 Å². The van der Waals surface area contributed by atoms with Crippen LogP contribution in [0.4, 0.5) is 0 Å². The zero-order chi connectivity index (χ0) is 25.3. The number of benzene rings is 2. The number of likely N-dealkylation sites (tertiary alicyclic amines) is 2. The predicted molar refractivity (Wildman–Crippen MR) is 147 cm³/mol. The molecule has 2 aliphatic rings. The van der Waals surface area contributed by atoms with E-state index in [2.05, 4.69) is 54.2 Å². The van der Waals surface area contributed by atoms with Gasteiger partial charge in [0.1, 0.15) is 29.5 Å². The molecule has 0 spiro atoms. The van der Waals surface area contributed by atoms with Gasteiger partial charge in [0.2, 0.25) is 0 Å². The molecule has 191 valence electrons. The maximum Gasteiger partial charge on any atom is 0.141 e. The molecule has 8 nitrogen and oxygen atoms in total. The molecule has 0 unspecified atom stereocenters. The average Bonchev–Trinajstić information content (AvgIpc) is 3.60. The number of piperidine rings is 1. The molecule has 8 heteroatoms. The van der Waals surface area contributed by atoms with E-state index >= 15 is 0 Å². The molecule has 0 saturated carbocycles. The zero-order valence-corrected chi connectivity index (χ0v) is 21.2. The van der Waals surface area contributed by atoms with E-state index < -0.39 is 0 Å². The van der Waals surface area contributed by atoms with Gasteiger partial charge in [0.15, 0.2) is 0 Å². The van der Waals surface area contributed by atoms with Crippen LogP contribution in [-0.2, 0) is 6.54 Å². The van der Waals surface area contributed by atoms with E-state index in [1.807, 2.05) is 59.5 Å². The van der Waals surface area contributed by atoms with Crippen LogP contribution in [0.1, 0.15) is 18.4 Å². The van der Waals surface area contributed by atoms with Gasteiger partial charge >= 0.3 is 0 Å². The maximum atomic E-state index is 6.02. The molecule has 2 fully saturated rings. The van der Waals surface area contributed by atoms with Crippen molar-refractivity contribution in [2.24, 2.45) is 0 Å². The topological polar surface area (TPSA) is 75.1 Å². The molecule has 0 bridgehead atoms. The van der Waals surface area contributed by atoms with Gasteiger partial charge in [-0.3, -0.25) is 14.5 Å². The van der Waals surface area contributed by atoms with Gasteiger partial charge in [0.25, 0.3) is 0 Å². The number of para-hydroxylation sites is 1.